The Morgan fingerprint density at radius 1 is 1.30 bits per heavy atom. The zero-order chi connectivity index (χ0) is 15.5. The molecule has 6 nitrogen and oxygen atoms in total. The van der Waals surface area contributed by atoms with Crippen molar-refractivity contribution in [2.45, 2.75) is 25.4 Å². The van der Waals surface area contributed by atoms with Crippen LogP contribution in [0.25, 0.3) is 10.9 Å². The van der Waals surface area contributed by atoms with E-state index in [0.717, 1.165) is 25.9 Å². The van der Waals surface area contributed by atoms with Crippen molar-refractivity contribution in [2.75, 3.05) is 20.1 Å². The van der Waals surface area contributed by atoms with Gasteiger partial charge in [0.15, 0.2) is 0 Å². The first kappa shape index (κ1) is 17.4. The summed E-state index contributed by atoms with van der Waals surface area (Å²) in [5.74, 6) is -0.0197. The second kappa shape index (κ2) is 7.57. The second-order valence-corrected chi connectivity index (χ2v) is 5.64. The number of fused-ring (bicyclic) bond motifs is 1. The first-order valence-corrected chi connectivity index (χ1v) is 7.58. The van der Waals surface area contributed by atoms with Gasteiger partial charge in [0.1, 0.15) is 6.54 Å². The molecule has 1 aliphatic heterocycles. The van der Waals surface area contributed by atoms with Gasteiger partial charge in [-0.1, -0.05) is 12.1 Å². The third-order valence-electron chi connectivity index (χ3n) is 4.29. The highest BCUT2D eigenvalue weighted by Crippen LogP contribution is 2.11. The summed E-state index contributed by atoms with van der Waals surface area (Å²) in [4.78, 5) is 30.8. The average molecular weight is 337 g/mol. The number of benzene rings is 1. The van der Waals surface area contributed by atoms with Crippen LogP contribution < -0.4 is 10.9 Å². The van der Waals surface area contributed by atoms with Crippen molar-refractivity contribution in [1.29, 1.82) is 0 Å². The SMILES string of the molecule is CNC1CCN(C(=O)Cn2cnc3ccccc3c2=O)CC1.Cl. The molecule has 0 radical (unpaired) electrons. The fourth-order valence-corrected chi connectivity index (χ4v) is 2.88. The Balaban J connectivity index is 0.00000192. The lowest BCUT2D eigenvalue weighted by Crippen LogP contribution is -2.45. The minimum Gasteiger partial charge on any atom is -0.341 e. The fraction of sp³-hybridized carbons (Fsp3) is 0.438. The van der Waals surface area contributed by atoms with E-state index in [0.29, 0.717) is 16.9 Å². The predicted molar refractivity (Wildman–Crippen MR) is 91.9 cm³/mol. The van der Waals surface area contributed by atoms with Gasteiger partial charge in [-0.2, -0.15) is 0 Å². The first-order valence-electron chi connectivity index (χ1n) is 7.58. The van der Waals surface area contributed by atoms with Gasteiger partial charge in [-0.05, 0) is 32.0 Å². The number of piperidine rings is 1. The summed E-state index contributed by atoms with van der Waals surface area (Å²) in [5, 5.41) is 3.79. The minimum absolute atomic E-state index is 0. The Labute approximate surface area is 140 Å². The number of nitrogens with one attached hydrogen (secondary N) is 1. The van der Waals surface area contributed by atoms with Crippen LogP contribution in [0.5, 0.6) is 0 Å². The Hall–Kier alpha value is -1.92. The van der Waals surface area contributed by atoms with Gasteiger partial charge in [0.25, 0.3) is 5.56 Å². The molecule has 3 rings (SSSR count). The van der Waals surface area contributed by atoms with Gasteiger partial charge < -0.3 is 10.2 Å². The van der Waals surface area contributed by atoms with Gasteiger partial charge in [0, 0.05) is 19.1 Å². The molecule has 0 spiro atoms. The van der Waals surface area contributed by atoms with E-state index in [9.17, 15) is 9.59 Å². The van der Waals surface area contributed by atoms with E-state index in [1.807, 2.05) is 18.0 Å². The van der Waals surface area contributed by atoms with Crippen molar-refractivity contribution in [3.05, 3.63) is 40.9 Å². The summed E-state index contributed by atoms with van der Waals surface area (Å²) < 4.78 is 1.40. The van der Waals surface area contributed by atoms with E-state index >= 15 is 0 Å². The number of nitrogens with zero attached hydrogens (tertiary/aromatic N) is 3. The van der Waals surface area contributed by atoms with Crippen LogP contribution in [0, 0.1) is 0 Å². The summed E-state index contributed by atoms with van der Waals surface area (Å²) in [6, 6.07) is 7.67. The third kappa shape index (κ3) is 3.71. The lowest BCUT2D eigenvalue weighted by atomic mass is 10.1. The molecule has 124 valence electrons. The van der Waals surface area contributed by atoms with Crippen molar-refractivity contribution in [1.82, 2.24) is 19.8 Å². The van der Waals surface area contributed by atoms with Crippen LogP contribution in [0.2, 0.25) is 0 Å². The molecule has 1 amide bonds. The molecule has 23 heavy (non-hydrogen) atoms. The largest absolute Gasteiger partial charge is 0.341 e. The molecule has 2 aromatic rings. The summed E-state index contributed by atoms with van der Waals surface area (Å²) in [7, 11) is 1.95. The normalized spacial score (nSPS) is 15.4. The second-order valence-electron chi connectivity index (χ2n) is 5.64. The summed E-state index contributed by atoms with van der Waals surface area (Å²) in [6.45, 7) is 1.53. The van der Waals surface area contributed by atoms with E-state index in [-0.39, 0.29) is 30.4 Å². The summed E-state index contributed by atoms with van der Waals surface area (Å²) >= 11 is 0. The van der Waals surface area contributed by atoms with Crippen molar-refractivity contribution >= 4 is 29.2 Å². The van der Waals surface area contributed by atoms with Crippen LogP contribution in [0.1, 0.15) is 12.8 Å². The predicted octanol–water partition coefficient (Wildman–Crippen LogP) is 1.03. The standard InChI is InChI=1S/C16H20N4O2.ClH/c1-17-12-6-8-19(9-7-12)15(21)10-20-11-18-14-5-3-2-4-13(14)16(20)22;/h2-5,11-12,17H,6-10H2,1H3;1H. The van der Waals surface area contributed by atoms with Crippen LogP contribution in [-0.4, -0.2) is 46.5 Å². The van der Waals surface area contributed by atoms with Gasteiger partial charge in [-0.25, -0.2) is 4.98 Å². The van der Waals surface area contributed by atoms with Crippen LogP contribution in [0.3, 0.4) is 0 Å². The molecule has 0 saturated carbocycles. The lowest BCUT2D eigenvalue weighted by Gasteiger charge is -2.31. The zero-order valence-electron chi connectivity index (χ0n) is 13.1. The molecule has 2 heterocycles. The molecule has 0 unspecified atom stereocenters. The van der Waals surface area contributed by atoms with Crippen LogP contribution in [0.15, 0.2) is 35.4 Å². The van der Waals surface area contributed by atoms with Crippen molar-refractivity contribution in [2.24, 2.45) is 0 Å². The molecule has 0 aliphatic carbocycles. The number of carbonyl (C=O) groups excluding carboxylic acids is 1. The number of aromatic nitrogens is 2. The number of hydrogen-bond acceptors (Lipinski definition) is 4. The molecule has 1 aliphatic rings. The van der Waals surface area contributed by atoms with Crippen molar-refractivity contribution in [3.63, 3.8) is 0 Å². The molecular formula is C16H21ClN4O2. The van der Waals surface area contributed by atoms with Gasteiger partial charge in [-0.3, -0.25) is 14.2 Å². The van der Waals surface area contributed by atoms with E-state index in [4.69, 9.17) is 0 Å². The number of para-hydroxylation sites is 1. The first-order chi connectivity index (χ1) is 10.7. The number of hydrogen-bond donors (Lipinski definition) is 1. The van der Waals surface area contributed by atoms with E-state index in [2.05, 4.69) is 10.3 Å². The van der Waals surface area contributed by atoms with Crippen LogP contribution in [0.4, 0.5) is 0 Å². The average Bonchev–Trinajstić information content (AvgIpc) is 2.57. The number of carbonyl (C=O) groups is 1. The highest BCUT2D eigenvalue weighted by Gasteiger charge is 2.22. The molecule has 1 fully saturated rings. The summed E-state index contributed by atoms with van der Waals surface area (Å²) in [5.41, 5.74) is 0.495. The maximum atomic E-state index is 12.4. The molecule has 1 aromatic heterocycles. The fourth-order valence-electron chi connectivity index (χ4n) is 2.88. The monoisotopic (exact) mass is 336 g/mol. The maximum Gasteiger partial charge on any atom is 0.261 e. The molecule has 1 aromatic carbocycles. The Morgan fingerprint density at radius 3 is 2.70 bits per heavy atom. The molecule has 1 N–H and O–H groups in total. The topological polar surface area (TPSA) is 67.2 Å². The number of halogens is 1. The number of rotatable bonds is 3. The Morgan fingerprint density at radius 2 is 2.00 bits per heavy atom. The smallest absolute Gasteiger partial charge is 0.261 e. The maximum absolute atomic E-state index is 12.4. The molecule has 0 bridgehead atoms. The molecular weight excluding hydrogens is 316 g/mol. The van der Waals surface area contributed by atoms with Gasteiger partial charge in [0.2, 0.25) is 5.91 Å². The lowest BCUT2D eigenvalue weighted by molar-refractivity contribution is -0.133. The Bertz CT molecular complexity index is 738. The minimum atomic E-state index is -0.163. The number of likely N-dealkylation sites (tertiary alicyclic amines) is 1. The summed E-state index contributed by atoms with van der Waals surface area (Å²) in [6.07, 6.45) is 3.36. The molecule has 7 heteroatoms. The quantitative estimate of drug-likeness (QED) is 0.909. The third-order valence-corrected chi connectivity index (χ3v) is 4.29. The van der Waals surface area contributed by atoms with Crippen molar-refractivity contribution in [3.8, 4) is 0 Å². The number of amides is 1. The zero-order valence-corrected chi connectivity index (χ0v) is 13.9. The van der Waals surface area contributed by atoms with Gasteiger partial charge >= 0.3 is 0 Å². The van der Waals surface area contributed by atoms with Gasteiger partial charge in [0.05, 0.1) is 17.2 Å². The van der Waals surface area contributed by atoms with Crippen LogP contribution in [-0.2, 0) is 11.3 Å². The molecule has 0 atom stereocenters. The van der Waals surface area contributed by atoms with Crippen molar-refractivity contribution < 1.29 is 4.79 Å². The van der Waals surface area contributed by atoms with E-state index < -0.39 is 0 Å². The highest BCUT2D eigenvalue weighted by atomic mass is 35.5. The van der Waals surface area contributed by atoms with E-state index in [1.54, 1.807) is 18.2 Å². The van der Waals surface area contributed by atoms with Crippen LogP contribution >= 0.6 is 12.4 Å². The Kier molecular flexibility index (Phi) is 5.74. The van der Waals surface area contributed by atoms with E-state index in [1.165, 1.54) is 10.9 Å². The highest BCUT2D eigenvalue weighted by molar-refractivity contribution is 5.85. The van der Waals surface area contributed by atoms with Gasteiger partial charge in [-0.15, -0.1) is 12.4 Å². The molecule has 1 saturated heterocycles.